The predicted molar refractivity (Wildman–Crippen MR) is 92.2 cm³/mol. The number of nitrogens with zero attached hydrogens (tertiary/aromatic N) is 1. The molecule has 0 radical (unpaired) electrons. The van der Waals surface area contributed by atoms with Crippen LogP contribution in [-0.2, 0) is 11.3 Å². The van der Waals surface area contributed by atoms with Gasteiger partial charge in [0.15, 0.2) is 0 Å². The molecule has 2 rings (SSSR count). The molecule has 0 saturated heterocycles. The molecular formula is C17H17FN2O3S. The number of nitro benzene ring substituents is 1. The Morgan fingerprint density at radius 3 is 2.67 bits per heavy atom. The van der Waals surface area contributed by atoms with E-state index in [1.54, 1.807) is 24.3 Å². The molecule has 0 bridgehead atoms. The van der Waals surface area contributed by atoms with Crippen LogP contribution >= 0.6 is 11.8 Å². The molecule has 5 nitrogen and oxygen atoms in total. The number of non-ortho nitro benzene ring substituents is 1. The van der Waals surface area contributed by atoms with Crippen molar-refractivity contribution in [1.82, 2.24) is 5.32 Å². The zero-order chi connectivity index (χ0) is 17.5. The molecule has 2 aromatic carbocycles. The van der Waals surface area contributed by atoms with Crippen LogP contribution in [0.2, 0.25) is 0 Å². The number of nitro groups is 1. The second-order valence-corrected chi connectivity index (χ2v) is 6.54. The molecule has 0 aromatic heterocycles. The minimum atomic E-state index is -0.434. The molecule has 0 heterocycles. The van der Waals surface area contributed by atoms with Crippen LogP contribution in [0.25, 0.3) is 0 Å². The third-order valence-electron chi connectivity index (χ3n) is 3.42. The molecule has 24 heavy (non-hydrogen) atoms. The van der Waals surface area contributed by atoms with Gasteiger partial charge in [-0.1, -0.05) is 24.3 Å². The zero-order valence-electron chi connectivity index (χ0n) is 13.1. The molecular weight excluding hydrogens is 331 g/mol. The highest BCUT2D eigenvalue weighted by molar-refractivity contribution is 8.00. The van der Waals surface area contributed by atoms with Crippen molar-refractivity contribution in [2.75, 3.05) is 5.75 Å². The fourth-order valence-electron chi connectivity index (χ4n) is 2.04. The maximum absolute atomic E-state index is 12.8. The fraction of sp³-hybridized carbons (Fsp3) is 0.235. The van der Waals surface area contributed by atoms with Crippen molar-refractivity contribution in [3.05, 3.63) is 75.6 Å². The molecule has 7 heteroatoms. The van der Waals surface area contributed by atoms with Crippen molar-refractivity contribution in [2.24, 2.45) is 0 Å². The van der Waals surface area contributed by atoms with E-state index in [0.717, 1.165) is 11.1 Å². The van der Waals surface area contributed by atoms with Crippen LogP contribution in [0.5, 0.6) is 0 Å². The first-order chi connectivity index (χ1) is 11.5. The second kappa shape index (κ2) is 8.44. The molecule has 0 aliphatic carbocycles. The summed E-state index contributed by atoms with van der Waals surface area (Å²) in [5, 5.41) is 13.5. The Labute approximate surface area is 143 Å². The smallest absolute Gasteiger partial charge is 0.269 e. The summed E-state index contributed by atoms with van der Waals surface area (Å²) in [7, 11) is 0. The Kier molecular flexibility index (Phi) is 6.31. The minimum absolute atomic E-state index is 0.0403. The summed E-state index contributed by atoms with van der Waals surface area (Å²) in [4.78, 5) is 22.2. The first kappa shape index (κ1) is 17.9. The van der Waals surface area contributed by atoms with Crippen molar-refractivity contribution in [1.29, 1.82) is 0 Å². The minimum Gasteiger partial charge on any atom is -0.351 e. The third kappa shape index (κ3) is 5.34. The van der Waals surface area contributed by atoms with Gasteiger partial charge in [0.25, 0.3) is 5.69 Å². The lowest BCUT2D eigenvalue weighted by atomic mass is 10.1. The van der Waals surface area contributed by atoms with Gasteiger partial charge in [0.05, 0.1) is 10.7 Å². The maximum atomic E-state index is 12.8. The average Bonchev–Trinajstić information content (AvgIpc) is 2.59. The summed E-state index contributed by atoms with van der Waals surface area (Å²) in [6, 6.07) is 12.3. The van der Waals surface area contributed by atoms with Crippen molar-refractivity contribution >= 4 is 23.4 Å². The number of halogens is 1. The Balaban J connectivity index is 1.81. The first-order valence-corrected chi connectivity index (χ1v) is 8.37. The molecule has 126 valence electrons. The topological polar surface area (TPSA) is 72.2 Å². The van der Waals surface area contributed by atoms with Crippen LogP contribution in [-0.4, -0.2) is 16.6 Å². The van der Waals surface area contributed by atoms with Crippen LogP contribution in [0.15, 0.2) is 48.5 Å². The number of nitrogens with one attached hydrogen (secondary N) is 1. The summed E-state index contributed by atoms with van der Waals surface area (Å²) in [6.07, 6.45) is 0. The lowest BCUT2D eigenvalue weighted by Gasteiger charge is -2.11. The molecule has 0 saturated carbocycles. The van der Waals surface area contributed by atoms with Gasteiger partial charge in [0, 0.05) is 23.9 Å². The second-order valence-electron chi connectivity index (χ2n) is 5.21. The van der Waals surface area contributed by atoms with E-state index in [-0.39, 0.29) is 28.4 Å². The molecule has 1 amide bonds. The first-order valence-electron chi connectivity index (χ1n) is 7.33. The van der Waals surface area contributed by atoms with Crippen molar-refractivity contribution < 1.29 is 14.1 Å². The Morgan fingerprint density at radius 2 is 2.00 bits per heavy atom. The average molecular weight is 348 g/mol. The highest BCUT2D eigenvalue weighted by atomic mass is 32.2. The van der Waals surface area contributed by atoms with Crippen LogP contribution < -0.4 is 5.32 Å². The van der Waals surface area contributed by atoms with E-state index in [1.165, 1.54) is 36.0 Å². The molecule has 0 aliphatic rings. The SMILES string of the molecule is C[C@@H](SCC(=O)NCc1ccc(F)cc1)c1cccc([N+](=O)[O-])c1. The zero-order valence-corrected chi connectivity index (χ0v) is 13.9. The van der Waals surface area contributed by atoms with Crippen molar-refractivity contribution in [3.63, 3.8) is 0 Å². The Hall–Kier alpha value is -2.41. The number of carbonyl (C=O) groups excluding carboxylic acids is 1. The van der Waals surface area contributed by atoms with Gasteiger partial charge in [-0.2, -0.15) is 0 Å². The van der Waals surface area contributed by atoms with Crippen LogP contribution in [0.4, 0.5) is 10.1 Å². The van der Waals surface area contributed by atoms with E-state index in [9.17, 15) is 19.3 Å². The number of thioether (sulfide) groups is 1. The Bertz CT molecular complexity index is 722. The van der Waals surface area contributed by atoms with Gasteiger partial charge in [0.2, 0.25) is 5.91 Å². The van der Waals surface area contributed by atoms with E-state index < -0.39 is 4.92 Å². The van der Waals surface area contributed by atoms with E-state index in [2.05, 4.69) is 5.32 Å². The van der Waals surface area contributed by atoms with Crippen LogP contribution in [0, 0.1) is 15.9 Å². The van der Waals surface area contributed by atoms with Crippen LogP contribution in [0.1, 0.15) is 23.3 Å². The summed E-state index contributed by atoms with van der Waals surface area (Å²) >= 11 is 1.40. The van der Waals surface area contributed by atoms with Gasteiger partial charge in [-0.15, -0.1) is 11.8 Å². The molecule has 0 spiro atoms. The molecule has 0 unspecified atom stereocenters. The normalized spacial score (nSPS) is 11.8. The van der Waals surface area contributed by atoms with E-state index in [0.29, 0.717) is 6.54 Å². The van der Waals surface area contributed by atoms with Gasteiger partial charge in [0.1, 0.15) is 5.82 Å². The van der Waals surface area contributed by atoms with Gasteiger partial charge in [-0.05, 0) is 30.2 Å². The maximum Gasteiger partial charge on any atom is 0.269 e. The monoisotopic (exact) mass is 348 g/mol. The lowest BCUT2D eigenvalue weighted by Crippen LogP contribution is -2.24. The van der Waals surface area contributed by atoms with E-state index >= 15 is 0 Å². The highest BCUT2D eigenvalue weighted by Gasteiger charge is 2.13. The fourth-order valence-corrected chi connectivity index (χ4v) is 2.88. The molecule has 1 atom stereocenters. The van der Waals surface area contributed by atoms with Gasteiger partial charge in [-0.3, -0.25) is 14.9 Å². The van der Waals surface area contributed by atoms with Crippen LogP contribution in [0.3, 0.4) is 0 Å². The number of rotatable bonds is 7. The number of hydrogen-bond donors (Lipinski definition) is 1. The highest BCUT2D eigenvalue weighted by Crippen LogP contribution is 2.29. The van der Waals surface area contributed by atoms with Gasteiger partial charge >= 0.3 is 0 Å². The number of hydrogen-bond acceptors (Lipinski definition) is 4. The summed E-state index contributed by atoms with van der Waals surface area (Å²) < 4.78 is 12.8. The van der Waals surface area contributed by atoms with Crippen molar-refractivity contribution in [2.45, 2.75) is 18.7 Å². The molecule has 0 fully saturated rings. The Morgan fingerprint density at radius 1 is 1.29 bits per heavy atom. The van der Waals surface area contributed by atoms with Gasteiger partial charge in [-0.25, -0.2) is 4.39 Å². The number of benzene rings is 2. The molecule has 0 aliphatic heterocycles. The standard InChI is InChI=1S/C17H17FN2O3S/c1-12(14-3-2-4-16(9-14)20(22)23)24-11-17(21)19-10-13-5-7-15(18)8-6-13/h2-9,12H,10-11H2,1H3,(H,19,21)/t12-/m1/s1. The van der Waals surface area contributed by atoms with E-state index in [1.807, 2.05) is 6.92 Å². The predicted octanol–water partition coefficient (Wildman–Crippen LogP) is 3.84. The summed E-state index contributed by atoms with van der Waals surface area (Å²) in [6.45, 7) is 2.24. The lowest BCUT2D eigenvalue weighted by molar-refractivity contribution is -0.384. The molecule has 1 N–H and O–H groups in total. The number of carbonyl (C=O) groups is 1. The third-order valence-corrected chi connectivity index (χ3v) is 4.62. The van der Waals surface area contributed by atoms with Gasteiger partial charge < -0.3 is 5.32 Å². The van der Waals surface area contributed by atoms with E-state index in [4.69, 9.17) is 0 Å². The summed E-state index contributed by atoms with van der Waals surface area (Å²) in [5.74, 6) is -0.210. The van der Waals surface area contributed by atoms with Crippen molar-refractivity contribution in [3.8, 4) is 0 Å². The summed E-state index contributed by atoms with van der Waals surface area (Å²) in [5.41, 5.74) is 1.67. The number of amides is 1. The molecule has 2 aromatic rings. The largest absolute Gasteiger partial charge is 0.351 e. The quantitative estimate of drug-likeness (QED) is 0.609.